The van der Waals surface area contributed by atoms with Gasteiger partial charge in [-0.2, -0.15) is 0 Å². The molecular formula is C27H30N4O6S. The Morgan fingerprint density at radius 3 is 2.34 bits per heavy atom. The van der Waals surface area contributed by atoms with Gasteiger partial charge < -0.3 is 24.5 Å². The smallest absolute Gasteiger partial charge is 0.262 e. The van der Waals surface area contributed by atoms with E-state index in [1.54, 1.807) is 36.4 Å². The van der Waals surface area contributed by atoms with E-state index >= 15 is 0 Å². The van der Waals surface area contributed by atoms with Crippen LogP contribution in [0.2, 0.25) is 0 Å². The van der Waals surface area contributed by atoms with Crippen molar-refractivity contribution in [2.75, 3.05) is 33.6 Å². The highest BCUT2D eigenvalue weighted by Crippen LogP contribution is 2.32. The van der Waals surface area contributed by atoms with Gasteiger partial charge in [-0.1, -0.05) is 26.0 Å². The minimum Gasteiger partial charge on any atom is -0.497 e. The first-order valence-electron chi connectivity index (χ1n) is 11.9. The fourth-order valence-corrected chi connectivity index (χ4v) is 4.51. The number of benzene rings is 2. The van der Waals surface area contributed by atoms with E-state index in [-0.39, 0.29) is 16.3 Å². The molecule has 4 aromatic rings. The third kappa shape index (κ3) is 5.95. The van der Waals surface area contributed by atoms with Crippen molar-refractivity contribution in [1.82, 2.24) is 20.3 Å². The molecule has 2 N–H and O–H groups in total. The number of ether oxygens (including phenoxy) is 3. The lowest BCUT2D eigenvalue weighted by Crippen LogP contribution is -2.27. The largest absolute Gasteiger partial charge is 0.497 e. The average molecular weight is 539 g/mol. The van der Waals surface area contributed by atoms with E-state index in [0.29, 0.717) is 64.3 Å². The first-order chi connectivity index (χ1) is 18.1. The summed E-state index contributed by atoms with van der Waals surface area (Å²) in [5.41, 5.74) is 1.54. The average Bonchev–Trinajstić information content (AvgIpc) is 2.89. The molecule has 0 spiro atoms. The van der Waals surface area contributed by atoms with Crippen LogP contribution in [0.1, 0.15) is 13.8 Å². The topological polar surface area (TPSA) is 132 Å². The number of nitrogens with zero attached hydrogens (tertiary/aromatic N) is 2. The molecule has 0 radical (unpaired) electrons. The first kappa shape index (κ1) is 27.1. The second-order valence-electron chi connectivity index (χ2n) is 8.94. The Balaban J connectivity index is 1.81. The number of methoxy groups -OCH3 is 2. The Morgan fingerprint density at radius 2 is 1.71 bits per heavy atom. The standard InChI is InChI=1S/C27H30N4O6S/c1-16(2)28-12-13-37-22-11-10-20(29-25(22)17-6-8-19(9-7-17)38(5,33)34)26-30-21-14-18(35-3)15-23(36-4)24(21)27(32)31-26/h6-11,14-16,28H,12-13H2,1-5H3,(H,30,31,32). The van der Waals surface area contributed by atoms with Crippen LogP contribution in [0.4, 0.5) is 0 Å². The van der Waals surface area contributed by atoms with Gasteiger partial charge in [-0.25, -0.2) is 18.4 Å². The van der Waals surface area contributed by atoms with Crippen LogP contribution in [-0.4, -0.2) is 63.0 Å². The van der Waals surface area contributed by atoms with E-state index in [2.05, 4.69) is 15.3 Å². The van der Waals surface area contributed by atoms with Crippen LogP contribution >= 0.6 is 0 Å². The van der Waals surface area contributed by atoms with E-state index in [9.17, 15) is 13.2 Å². The molecule has 0 atom stereocenters. The molecule has 200 valence electrons. The van der Waals surface area contributed by atoms with E-state index in [4.69, 9.17) is 19.2 Å². The zero-order chi connectivity index (χ0) is 27.4. The molecule has 0 aliphatic carbocycles. The number of aromatic nitrogens is 3. The molecule has 10 nitrogen and oxygen atoms in total. The molecular weight excluding hydrogens is 508 g/mol. The van der Waals surface area contributed by atoms with E-state index < -0.39 is 9.84 Å². The van der Waals surface area contributed by atoms with Crippen molar-refractivity contribution >= 4 is 20.7 Å². The van der Waals surface area contributed by atoms with Crippen LogP contribution in [-0.2, 0) is 9.84 Å². The van der Waals surface area contributed by atoms with Crippen molar-refractivity contribution in [2.45, 2.75) is 24.8 Å². The van der Waals surface area contributed by atoms with Crippen LogP contribution in [0.5, 0.6) is 17.2 Å². The van der Waals surface area contributed by atoms with Crippen molar-refractivity contribution in [1.29, 1.82) is 0 Å². The van der Waals surface area contributed by atoms with Gasteiger partial charge in [0.05, 0.1) is 24.6 Å². The van der Waals surface area contributed by atoms with Gasteiger partial charge in [0.2, 0.25) is 0 Å². The predicted molar refractivity (Wildman–Crippen MR) is 146 cm³/mol. The lowest BCUT2D eigenvalue weighted by Gasteiger charge is -2.14. The summed E-state index contributed by atoms with van der Waals surface area (Å²) in [6.45, 7) is 5.13. The Labute approximate surface area is 220 Å². The van der Waals surface area contributed by atoms with Gasteiger partial charge in [-0.05, 0) is 24.3 Å². The molecule has 0 unspecified atom stereocenters. The summed E-state index contributed by atoms with van der Waals surface area (Å²) in [6, 6.07) is 13.5. The SMILES string of the molecule is COc1cc(OC)c2c(=O)[nH]c(-c3ccc(OCCNC(C)C)c(-c4ccc(S(C)(=O)=O)cc4)n3)nc2c1. The van der Waals surface area contributed by atoms with Gasteiger partial charge in [0.15, 0.2) is 15.7 Å². The Morgan fingerprint density at radius 1 is 0.974 bits per heavy atom. The van der Waals surface area contributed by atoms with Crippen LogP contribution in [0, 0.1) is 0 Å². The summed E-state index contributed by atoms with van der Waals surface area (Å²) in [5.74, 6) is 1.60. The summed E-state index contributed by atoms with van der Waals surface area (Å²) in [7, 11) is -0.363. The Kier molecular flexibility index (Phi) is 7.98. The third-order valence-electron chi connectivity index (χ3n) is 5.77. The number of aromatic amines is 1. The van der Waals surface area contributed by atoms with Gasteiger partial charge in [-0.15, -0.1) is 0 Å². The monoisotopic (exact) mass is 538 g/mol. The van der Waals surface area contributed by atoms with Gasteiger partial charge in [0, 0.05) is 36.5 Å². The number of hydrogen-bond donors (Lipinski definition) is 2. The minimum absolute atomic E-state index is 0.199. The maximum absolute atomic E-state index is 13.0. The molecule has 0 amide bonds. The number of sulfone groups is 1. The minimum atomic E-state index is -3.36. The number of fused-ring (bicyclic) bond motifs is 1. The number of hydrogen-bond acceptors (Lipinski definition) is 9. The van der Waals surface area contributed by atoms with Crippen LogP contribution < -0.4 is 25.1 Å². The van der Waals surface area contributed by atoms with Crippen molar-refractivity contribution in [3.8, 4) is 40.0 Å². The highest BCUT2D eigenvalue weighted by atomic mass is 32.2. The Bertz CT molecular complexity index is 1620. The second kappa shape index (κ2) is 11.2. The molecule has 2 heterocycles. The van der Waals surface area contributed by atoms with Crippen LogP contribution in [0.25, 0.3) is 33.7 Å². The highest BCUT2D eigenvalue weighted by molar-refractivity contribution is 7.90. The molecule has 0 bridgehead atoms. The van der Waals surface area contributed by atoms with Crippen molar-refractivity contribution in [2.24, 2.45) is 0 Å². The number of rotatable bonds is 10. The maximum Gasteiger partial charge on any atom is 0.262 e. The molecule has 4 rings (SSSR count). The Hall–Kier alpha value is -3.96. The number of nitrogens with one attached hydrogen (secondary N) is 2. The molecule has 2 aromatic carbocycles. The van der Waals surface area contributed by atoms with Crippen molar-refractivity contribution < 1.29 is 22.6 Å². The summed E-state index contributed by atoms with van der Waals surface area (Å²) >= 11 is 0. The fraction of sp³-hybridized carbons (Fsp3) is 0.296. The lowest BCUT2D eigenvalue weighted by atomic mass is 10.1. The predicted octanol–water partition coefficient (Wildman–Crippen LogP) is 3.45. The quantitative estimate of drug-likeness (QED) is 0.291. The zero-order valence-corrected chi connectivity index (χ0v) is 22.7. The second-order valence-corrected chi connectivity index (χ2v) is 11.0. The summed E-state index contributed by atoms with van der Waals surface area (Å²) in [6.07, 6.45) is 1.16. The van der Waals surface area contributed by atoms with Crippen molar-refractivity contribution in [3.05, 3.63) is 58.9 Å². The molecule has 0 aliphatic rings. The summed E-state index contributed by atoms with van der Waals surface area (Å²) in [5, 5.41) is 3.59. The van der Waals surface area contributed by atoms with Crippen molar-refractivity contribution in [3.63, 3.8) is 0 Å². The molecule has 0 aliphatic heterocycles. The van der Waals surface area contributed by atoms with Crippen LogP contribution in [0.15, 0.2) is 58.2 Å². The summed E-state index contributed by atoms with van der Waals surface area (Å²) in [4.78, 5) is 25.4. The van der Waals surface area contributed by atoms with E-state index in [1.165, 1.54) is 26.4 Å². The first-order valence-corrected chi connectivity index (χ1v) is 13.8. The highest BCUT2D eigenvalue weighted by Gasteiger charge is 2.17. The molecule has 2 aromatic heterocycles. The van der Waals surface area contributed by atoms with Gasteiger partial charge in [-0.3, -0.25) is 4.79 Å². The maximum atomic E-state index is 13.0. The van der Waals surface area contributed by atoms with Crippen LogP contribution in [0.3, 0.4) is 0 Å². The summed E-state index contributed by atoms with van der Waals surface area (Å²) < 4.78 is 40.6. The molecule has 0 saturated carbocycles. The van der Waals surface area contributed by atoms with Gasteiger partial charge >= 0.3 is 0 Å². The normalized spacial score (nSPS) is 11.6. The zero-order valence-electron chi connectivity index (χ0n) is 21.9. The van der Waals surface area contributed by atoms with Gasteiger partial charge in [0.25, 0.3) is 5.56 Å². The van der Waals surface area contributed by atoms with E-state index in [1.807, 2.05) is 13.8 Å². The number of pyridine rings is 1. The van der Waals surface area contributed by atoms with Gasteiger partial charge in [0.1, 0.15) is 40.6 Å². The lowest BCUT2D eigenvalue weighted by molar-refractivity contribution is 0.309. The number of H-pyrrole nitrogens is 1. The molecule has 11 heteroatoms. The fourth-order valence-electron chi connectivity index (χ4n) is 3.88. The molecule has 0 fully saturated rings. The molecule has 0 saturated heterocycles. The molecule has 38 heavy (non-hydrogen) atoms. The third-order valence-corrected chi connectivity index (χ3v) is 6.90. The van der Waals surface area contributed by atoms with E-state index in [0.717, 1.165) is 6.26 Å².